The Kier molecular flexibility index (Phi) is 3.34. The first-order valence-electron chi connectivity index (χ1n) is 6.23. The Hall–Kier alpha value is -3.15. The molecule has 6 heteroatoms. The van der Waals surface area contributed by atoms with Crippen LogP contribution >= 0.6 is 0 Å². The molecule has 0 spiro atoms. The van der Waals surface area contributed by atoms with Gasteiger partial charge in [0, 0.05) is 24.0 Å². The fourth-order valence-corrected chi connectivity index (χ4v) is 1.79. The average molecular weight is 281 g/mol. The second-order valence-corrected chi connectivity index (χ2v) is 4.28. The number of hydrogen-bond acceptors (Lipinski definition) is 4. The van der Waals surface area contributed by atoms with Gasteiger partial charge in [0.15, 0.2) is 5.69 Å². The molecule has 104 valence electrons. The summed E-state index contributed by atoms with van der Waals surface area (Å²) in [6, 6.07) is 10.6. The van der Waals surface area contributed by atoms with Gasteiger partial charge in [0.25, 0.3) is 5.91 Å². The lowest BCUT2D eigenvalue weighted by atomic mass is 10.2. The number of anilines is 1. The lowest BCUT2D eigenvalue weighted by molar-refractivity contribution is 0.102. The van der Waals surface area contributed by atoms with Crippen molar-refractivity contribution in [2.24, 2.45) is 0 Å². The Morgan fingerprint density at radius 3 is 2.76 bits per heavy atom. The topological polar surface area (TPSA) is 88.0 Å². The third-order valence-corrected chi connectivity index (χ3v) is 2.83. The number of carbonyl (C=O) groups is 1. The van der Waals surface area contributed by atoms with Crippen molar-refractivity contribution in [3.8, 4) is 11.5 Å². The van der Waals surface area contributed by atoms with Gasteiger partial charge in [0.1, 0.15) is 12.0 Å². The number of nitrogens with one attached hydrogen (secondary N) is 2. The molecule has 1 amide bonds. The van der Waals surface area contributed by atoms with Crippen LogP contribution in [0.3, 0.4) is 0 Å². The monoisotopic (exact) mass is 281 g/mol. The third kappa shape index (κ3) is 2.74. The highest BCUT2D eigenvalue weighted by molar-refractivity contribution is 6.02. The first kappa shape index (κ1) is 12.9. The summed E-state index contributed by atoms with van der Waals surface area (Å²) in [6.45, 7) is 0. The molecule has 2 heterocycles. The molecule has 6 nitrogen and oxygen atoms in total. The fourth-order valence-electron chi connectivity index (χ4n) is 1.79. The molecule has 3 rings (SSSR count). The summed E-state index contributed by atoms with van der Waals surface area (Å²) in [4.78, 5) is 30.4. The summed E-state index contributed by atoms with van der Waals surface area (Å²) in [7, 11) is 0. The molecule has 0 radical (unpaired) electrons. The van der Waals surface area contributed by atoms with Crippen LogP contribution < -0.4 is 10.7 Å². The molecule has 0 aliphatic carbocycles. The smallest absolute Gasteiger partial charge is 0.277 e. The van der Waals surface area contributed by atoms with Crippen molar-refractivity contribution in [2.45, 2.75) is 0 Å². The zero-order chi connectivity index (χ0) is 14.7. The maximum absolute atomic E-state index is 12.0. The number of rotatable bonds is 3. The first-order valence-corrected chi connectivity index (χ1v) is 6.23. The molecule has 2 aromatic heterocycles. The summed E-state index contributed by atoms with van der Waals surface area (Å²) in [5, 5.41) is 2.49. The van der Waals surface area contributed by atoms with E-state index in [4.69, 9.17) is 4.42 Å². The Labute approximate surface area is 119 Å². The number of pyridine rings is 1. The van der Waals surface area contributed by atoms with Gasteiger partial charge in [-0.05, 0) is 12.1 Å². The van der Waals surface area contributed by atoms with E-state index in [-0.39, 0.29) is 16.8 Å². The van der Waals surface area contributed by atoms with Crippen LogP contribution in [-0.4, -0.2) is 15.9 Å². The van der Waals surface area contributed by atoms with Crippen LogP contribution in [-0.2, 0) is 0 Å². The van der Waals surface area contributed by atoms with Crippen molar-refractivity contribution < 1.29 is 9.21 Å². The summed E-state index contributed by atoms with van der Waals surface area (Å²) < 4.78 is 5.28. The van der Waals surface area contributed by atoms with Crippen LogP contribution in [0.2, 0.25) is 0 Å². The van der Waals surface area contributed by atoms with Gasteiger partial charge in [0.2, 0.25) is 11.3 Å². The number of benzene rings is 1. The zero-order valence-corrected chi connectivity index (χ0v) is 10.9. The summed E-state index contributed by atoms with van der Waals surface area (Å²) in [6.07, 6.45) is 4.16. The Bertz CT molecular complexity index is 821. The summed E-state index contributed by atoms with van der Waals surface area (Å²) in [5.41, 5.74) is 0.756. The molecule has 0 unspecified atom stereocenters. The van der Waals surface area contributed by atoms with E-state index in [1.54, 1.807) is 0 Å². The predicted octanol–water partition coefficient (Wildman–Crippen LogP) is 2.28. The van der Waals surface area contributed by atoms with Gasteiger partial charge < -0.3 is 14.7 Å². The van der Waals surface area contributed by atoms with Crippen LogP contribution in [0.4, 0.5) is 5.69 Å². The minimum Gasteiger partial charge on any atom is -0.444 e. The largest absolute Gasteiger partial charge is 0.444 e. The van der Waals surface area contributed by atoms with Crippen LogP contribution in [0.1, 0.15) is 10.5 Å². The highest BCUT2D eigenvalue weighted by Crippen LogP contribution is 2.18. The number of nitrogens with zero attached hydrogens (tertiary/aromatic N) is 1. The van der Waals surface area contributed by atoms with E-state index < -0.39 is 5.91 Å². The van der Waals surface area contributed by atoms with E-state index in [2.05, 4.69) is 15.3 Å². The van der Waals surface area contributed by atoms with Crippen molar-refractivity contribution in [1.82, 2.24) is 9.97 Å². The molecule has 0 atom stereocenters. The Morgan fingerprint density at radius 1 is 1.19 bits per heavy atom. The van der Waals surface area contributed by atoms with Crippen molar-refractivity contribution in [3.63, 3.8) is 0 Å². The second kappa shape index (κ2) is 5.46. The number of aromatic nitrogens is 2. The van der Waals surface area contributed by atoms with Crippen LogP contribution in [0.5, 0.6) is 0 Å². The lowest BCUT2D eigenvalue weighted by Gasteiger charge is -2.00. The summed E-state index contributed by atoms with van der Waals surface area (Å²) in [5.74, 6) is -0.152. The molecule has 2 N–H and O–H groups in total. The molecule has 0 bridgehead atoms. The van der Waals surface area contributed by atoms with Crippen molar-refractivity contribution >= 4 is 11.6 Å². The van der Waals surface area contributed by atoms with Crippen molar-refractivity contribution in [3.05, 3.63) is 71.0 Å². The van der Waals surface area contributed by atoms with E-state index in [1.807, 2.05) is 30.3 Å². The second-order valence-electron chi connectivity index (χ2n) is 4.28. The number of amides is 1. The first-order chi connectivity index (χ1) is 10.2. The van der Waals surface area contributed by atoms with E-state index in [0.29, 0.717) is 5.89 Å². The highest BCUT2D eigenvalue weighted by atomic mass is 16.3. The van der Waals surface area contributed by atoms with Gasteiger partial charge in [-0.15, -0.1) is 0 Å². The maximum atomic E-state index is 12.0. The average Bonchev–Trinajstić information content (AvgIpc) is 3.00. The molecule has 0 aliphatic heterocycles. The number of aromatic amines is 1. The zero-order valence-electron chi connectivity index (χ0n) is 10.9. The molecule has 3 aromatic rings. The van der Waals surface area contributed by atoms with Crippen molar-refractivity contribution in [2.75, 3.05) is 5.32 Å². The highest BCUT2D eigenvalue weighted by Gasteiger charge is 2.14. The number of hydrogen-bond donors (Lipinski definition) is 2. The van der Waals surface area contributed by atoms with E-state index in [1.165, 1.54) is 24.7 Å². The minimum atomic E-state index is -0.502. The molecule has 0 saturated carbocycles. The quantitative estimate of drug-likeness (QED) is 0.771. The van der Waals surface area contributed by atoms with E-state index >= 15 is 0 Å². The minimum absolute atomic E-state index is 0.108. The number of carbonyl (C=O) groups excluding carboxylic acids is 1. The Balaban J connectivity index is 1.82. The molecular weight excluding hydrogens is 270 g/mol. The fraction of sp³-hybridized carbons (Fsp3) is 0. The van der Waals surface area contributed by atoms with Gasteiger partial charge in [-0.1, -0.05) is 18.2 Å². The van der Waals surface area contributed by atoms with Gasteiger partial charge in [0.05, 0.1) is 0 Å². The maximum Gasteiger partial charge on any atom is 0.277 e. The van der Waals surface area contributed by atoms with Gasteiger partial charge >= 0.3 is 0 Å². The predicted molar refractivity (Wildman–Crippen MR) is 77.0 cm³/mol. The van der Waals surface area contributed by atoms with Crippen LogP contribution in [0, 0.1) is 0 Å². The molecule has 21 heavy (non-hydrogen) atoms. The van der Waals surface area contributed by atoms with Crippen molar-refractivity contribution in [1.29, 1.82) is 0 Å². The van der Waals surface area contributed by atoms with E-state index in [0.717, 1.165) is 5.56 Å². The Morgan fingerprint density at radius 2 is 2.00 bits per heavy atom. The molecule has 1 aromatic carbocycles. The molecule has 0 fully saturated rings. The van der Waals surface area contributed by atoms with E-state index in [9.17, 15) is 9.59 Å². The third-order valence-electron chi connectivity index (χ3n) is 2.83. The molecule has 0 saturated heterocycles. The SMILES string of the molecule is O=C(Nc1c[nH]ccc1=O)c1coc(-c2ccccc2)n1. The number of oxazole rings is 1. The van der Waals surface area contributed by atoms with Gasteiger partial charge in [-0.3, -0.25) is 9.59 Å². The number of H-pyrrole nitrogens is 1. The van der Waals surface area contributed by atoms with Crippen LogP contribution in [0.15, 0.2) is 64.3 Å². The standard InChI is InChI=1S/C15H11N3O3/c19-13-6-7-16-8-11(13)17-14(20)12-9-21-15(18-12)10-4-2-1-3-5-10/h1-9H,(H,16,19)(H,17,20). The van der Waals surface area contributed by atoms with Crippen LogP contribution in [0.25, 0.3) is 11.5 Å². The lowest BCUT2D eigenvalue weighted by Crippen LogP contribution is -2.18. The van der Waals surface area contributed by atoms with Gasteiger partial charge in [-0.2, -0.15) is 0 Å². The van der Waals surface area contributed by atoms with Gasteiger partial charge in [-0.25, -0.2) is 4.98 Å². The summed E-state index contributed by atoms with van der Waals surface area (Å²) >= 11 is 0. The molecular formula is C15H11N3O3. The normalized spacial score (nSPS) is 10.3. The molecule has 0 aliphatic rings.